The molecule has 0 fully saturated rings. The number of carboxylic acid groups (broad SMARTS) is 2. The lowest BCUT2D eigenvalue weighted by Crippen LogP contribution is -2.62. The van der Waals surface area contributed by atoms with Crippen molar-refractivity contribution >= 4 is 142 Å². The normalized spacial score (nSPS) is 14.6. The maximum absolute atomic E-state index is 14.6. The molecule has 0 radical (unpaired) electrons. The number of aliphatic hydroxyl groups excluding tert-OH is 3. The van der Waals surface area contributed by atoms with Gasteiger partial charge >= 0.3 is 11.9 Å². The molecule has 1 aromatic heterocycles. The van der Waals surface area contributed by atoms with E-state index in [1.807, 2.05) is 0 Å². The van der Waals surface area contributed by atoms with Crippen molar-refractivity contribution in [3.05, 3.63) is 54.1 Å². The topological polar surface area (TPSA) is 925 Å². The van der Waals surface area contributed by atoms with E-state index in [-0.39, 0.29) is 115 Å². The van der Waals surface area contributed by atoms with E-state index in [0.29, 0.717) is 12.0 Å². The molecular weight excluding hydrogens is 1810 g/mol. The van der Waals surface area contributed by atoms with Crippen LogP contribution in [0.4, 0.5) is 0 Å². The summed E-state index contributed by atoms with van der Waals surface area (Å²) in [5, 5.41) is 98.3. The SMILES string of the molecule is CSCC[C@H](NC(=O)[C@H](CCCCN)NC(=O)[C@H](CCCNC(=N)N)NC(=O)[C@H](CCC(N)=O)NC(=O)[C@@H](N)CC(N)=O)C(=O)N[C@H](C(=O)N[C@@H](CCCCN)C(=O)N[C@@H](CO)C(=O)N[C@@H](Cc1ccccc1)C(=O)N[C@@H](CC(N)=O)C(=O)N[C@@H](CO)C(=O)NCC(=O)N[C@@H](CCCCN)C(=O)N[C@@H](CCC(=O)O)C(=O)NCC(=O)N[C@@H](Cc1cnc[nH]1)C(=O)N[C@H](C(=O)O)[C@@H](C)O)C(C)C. The van der Waals surface area contributed by atoms with Crippen LogP contribution in [-0.2, 0) is 114 Å². The van der Waals surface area contributed by atoms with Crippen LogP contribution in [0.5, 0.6) is 0 Å². The number of carbonyl (C=O) groups is 21. The van der Waals surface area contributed by atoms with Crippen molar-refractivity contribution in [1.29, 1.82) is 5.41 Å². The lowest BCUT2D eigenvalue weighted by atomic mass is 10.0. The maximum Gasteiger partial charge on any atom is 0.328 e. The average molecular weight is 1950 g/mol. The lowest BCUT2D eigenvalue weighted by Gasteiger charge is -2.29. The molecular formula is C81H134N28O26S. The fourth-order valence-electron chi connectivity index (χ4n) is 12.9. The Morgan fingerprint density at radius 1 is 0.412 bits per heavy atom. The first kappa shape index (κ1) is 119. The van der Waals surface area contributed by atoms with Gasteiger partial charge in [0.25, 0.3) is 0 Å². The van der Waals surface area contributed by atoms with Crippen LogP contribution < -0.4 is 136 Å². The number of carbonyl (C=O) groups excluding carboxylic acids is 19. The highest BCUT2D eigenvalue weighted by Crippen LogP contribution is 2.15. The number of nitrogens with one attached hydrogen (secondary N) is 19. The van der Waals surface area contributed by atoms with Crippen LogP contribution in [-0.4, -0.2) is 327 Å². The number of hydrogen-bond donors (Lipinski definition) is 32. The molecule has 0 spiro atoms. The Bertz CT molecular complexity index is 4310. The Morgan fingerprint density at radius 2 is 0.787 bits per heavy atom. The molecule has 40 N–H and O–H groups in total. The number of aliphatic carboxylic acids is 2. The van der Waals surface area contributed by atoms with Crippen LogP contribution in [0.25, 0.3) is 0 Å². The van der Waals surface area contributed by atoms with Crippen LogP contribution in [0, 0.1) is 11.3 Å². The summed E-state index contributed by atoms with van der Waals surface area (Å²) in [7, 11) is 0. The predicted molar refractivity (Wildman–Crippen MR) is 486 cm³/mol. The van der Waals surface area contributed by atoms with Crippen molar-refractivity contribution in [2.75, 3.05) is 64.5 Å². The number of primary amides is 3. The monoisotopic (exact) mass is 1950 g/mol. The molecule has 55 heteroatoms. The number of aliphatic hydroxyl groups is 3. The maximum atomic E-state index is 14.6. The molecule has 2 aromatic rings. The number of H-pyrrole nitrogens is 1. The van der Waals surface area contributed by atoms with Gasteiger partial charge in [0.1, 0.15) is 78.5 Å². The standard InChI is InChI=1S/C81H134N28O26S/c1-41(2)64(108-74(128)52(25-30-136-4)102-70(124)47(18-9-12-27-83)99-71(125)49(20-14-29-92-81(89)90)100-73(127)51(21-23-58(86)113)98-66(120)45(85)33-59(87)114)79(133)103-48(19-10-13-28-84)72(126)107-57(39-111)78(132)104-53(31-43-15-6-5-7-16-43)75(129)105-55(34-60(88)115)76(130)106-56(38-110)68(122)94-36-61(116)96-46(17-8-11-26-82)69(123)101-50(22-24-63(118)119)67(121)93-37-62(117)97-54(32-44-35-91-40-95-44)77(131)109-65(42(3)112)80(134)135/h5-7,15-16,35,40-42,45-57,64-65,110-112H,8-14,17-34,36-39,82-85H2,1-4H3,(H2,86,113)(H2,87,114)(H2,88,115)(H,91,95)(H,93,121)(H,94,122)(H,96,116)(H,97,117)(H,98,120)(H,99,125)(H,100,127)(H,101,123)(H,102,124)(H,103,133)(H,104,132)(H,105,129)(H,106,130)(H,107,126)(H,108,128)(H,109,131)(H,118,119)(H,134,135)(H4,89,90,92)/t42-,45+,46+,47+,48+,49+,50+,51+,52+,53+,54+,55+,56+,57+,64+,65+/m1/s1. The lowest BCUT2D eigenvalue weighted by molar-refractivity contribution is -0.145. The van der Waals surface area contributed by atoms with Gasteiger partial charge in [-0.05, 0) is 140 Å². The zero-order chi connectivity index (χ0) is 102. The van der Waals surface area contributed by atoms with E-state index in [9.17, 15) is 126 Å². The number of benzene rings is 1. The summed E-state index contributed by atoms with van der Waals surface area (Å²) < 4.78 is 0. The first-order valence-corrected chi connectivity index (χ1v) is 45.1. The number of nitrogens with two attached hydrogens (primary N) is 8. The Labute approximate surface area is 786 Å². The van der Waals surface area contributed by atoms with Crippen molar-refractivity contribution in [1.82, 2.24) is 100 Å². The zero-order valence-electron chi connectivity index (χ0n) is 76.1. The minimum absolute atomic E-state index is 0.00410. The quantitative estimate of drug-likeness (QED) is 0.0166. The van der Waals surface area contributed by atoms with E-state index in [1.54, 1.807) is 24.5 Å². The molecule has 0 saturated heterocycles. The van der Waals surface area contributed by atoms with Gasteiger partial charge in [0, 0.05) is 44.1 Å². The third kappa shape index (κ3) is 47.0. The molecule has 760 valence electrons. The van der Waals surface area contributed by atoms with Crippen LogP contribution in [0.2, 0.25) is 0 Å². The summed E-state index contributed by atoms with van der Waals surface area (Å²) in [5.41, 5.74) is 45.3. The van der Waals surface area contributed by atoms with Crippen LogP contribution in [0.1, 0.15) is 148 Å². The van der Waals surface area contributed by atoms with Gasteiger partial charge in [-0.15, -0.1) is 0 Å². The summed E-state index contributed by atoms with van der Waals surface area (Å²) in [4.78, 5) is 290. The van der Waals surface area contributed by atoms with E-state index >= 15 is 0 Å². The molecule has 136 heavy (non-hydrogen) atoms. The number of hydrogen-bond acceptors (Lipinski definition) is 31. The first-order valence-electron chi connectivity index (χ1n) is 43.8. The summed E-state index contributed by atoms with van der Waals surface area (Å²) in [5.74, 6) is -24.5. The number of nitrogens with zero attached hydrogens (tertiary/aromatic N) is 1. The van der Waals surface area contributed by atoms with Gasteiger partial charge in [-0.2, -0.15) is 11.8 Å². The zero-order valence-corrected chi connectivity index (χ0v) is 77.0. The Morgan fingerprint density at radius 3 is 1.23 bits per heavy atom. The molecule has 0 aliphatic rings. The minimum Gasteiger partial charge on any atom is -0.481 e. The minimum atomic E-state index is -2.02. The number of rotatable bonds is 70. The molecule has 0 aliphatic carbocycles. The fraction of sp³-hybridized carbons (Fsp3) is 0.617. The van der Waals surface area contributed by atoms with E-state index in [2.05, 4.69) is 100 Å². The molecule has 1 heterocycles. The molecule has 54 nitrogen and oxygen atoms in total. The fourth-order valence-corrected chi connectivity index (χ4v) is 13.4. The van der Waals surface area contributed by atoms with Gasteiger partial charge in [-0.25, -0.2) is 9.78 Å². The second-order valence-corrected chi connectivity index (χ2v) is 32.9. The summed E-state index contributed by atoms with van der Waals surface area (Å²) >= 11 is 1.27. The number of aromatic nitrogens is 2. The van der Waals surface area contributed by atoms with E-state index in [4.69, 9.17) is 51.3 Å². The van der Waals surface area contributed by atoms with Gasteiger partial charge < -0.3 is 167 Å². The predicted octanol–water partition coefficient (Wildman–Crippen LogP) is -13.1. The second-order valence-electron chi connectivity index (χ2n) is 31.9. The van der Waals surface area contributed by atoms with Crippen LogP contribution >= 0.6 is 11.8 Å². The third-order valence-corrected chi connectivity index (χ3v) is 21.0. The molecule has 0 bridgehead atoms. The first-order chi connectivity index (χ1) is 64.3. The summed E-state index contributed by atoms with van der Waals surface area (Å²) in [6.45, 7) is 0.206. The number of unbranched alkanes of at least 4 members (excludes halogenated alkanes) is 3. The second kappa shape index (κ2) is 64.5. The highest BCUT2D eigenvalue weighted by Gasteiger charge is 2.40. The number of aromatic amines is 1. The molecule has 0 aliphatic heterocycles. The molecule has 19 amide bonds. The Balaban J connectivity index is 2.44. The number of thioether (sulfide) groups is 1. The van der Waals surface area contributed by atoms with E-state index in [1.165, 1.54) is 50.3 Å². The number of amides is 19. The molecule has 1 aromatic carbocycles. The van der Waals surface area contributed by atoms with Gasteiger partial charge in [-0.1, -0.05) is 44.2 Å². The van der Waals surface area contributed by atoms with Crippen molar-refractivity contribution < 1.29 is 126 Å². The summed E-state index contributed by atoms with van der Waals surface area (Å²) in [6.07, 6.45) is -1.14. The van der Waals surface area contributed by atoms with Crippen molar-refractivity contribution in [2.24, 2.45) is 51.8 Å². The number of imidazole rings is 1. The van der Waals surface area contributed by atoms with E-state index < -0.39 is 304 Å². The molecule has 0 saturated carbocycles. The van der Waals surface area contributed by atoms with Crippen LogP contribution in [0.15, 0.2) is 42.9 Å². The molecule has 16 atom stereocenters. The average Bonchev–Trinajstić information content (AvgIpc) is 0.995. The summed E-state index contributed by atoms with van der Waals surface area (Å²) in [6, 6.07) is -17.1. The third-order valence-electron chi connectivity index (χ3n) is 20.3. The van der Waals surface area contributed by atoms with Crippen molar-refractivity contribution in [2.45, 2.75) is 246 Å². The number of carboxylic acids is 2. The number of guanidine groups is 1. The van der Waals surface area contributed by atoms with Gasteiger partial charge in [0.15, 0.2) is 12.0 Å². The van der Waals surface area contributed by atoms with E-state index in [0.717, 1.165) is 6.92 Å². The van der Waals surface area contributed by atoms with Crippen molar-refractivity contribution in [3.63, 3.8) is 0 Å². The molecule has 0 unspecified atom stereocenters. The smallest absolute Gasteiger partial charge is 0.328 e. The van der Waals surface area contributed by atoms with Gasteiger partial charge in [0.2, 0.25) is 112 Å². The largest absolute Gasteiger partial charge is 0.481 e. The molecule has 2 rings (SSSR count). The van der Waals surface area contributed by atoms with Crippen LogP contribution in [0.3, 0.4) is 0 Å². The van der Waals surface area contributed by atoms with Gasteiger partial charge in [-0.3, -0.25) is 101 Å². The Hall–Kier alpha value is -13.4. The highest BCUT2D eigenvalue weighted by atomic mass is 32.2. The Kier molecular flexibility index (Phi) is 56.3. The van der Waals surface area contributed by atoms with Gasteiger partial charge in [0.05, 0.1) is 57.6 Å². The highest BCUT2D eigenvalue weighted by molar-refractivity contribution is 7.98. The van der Waals surface area contributed by atoms with Crippen molar-refractivity contribution in [3.8, 4) is 0 Å².